The van der Waals surface area contributed by atoms with Crippen LogP contribution in [0.2, 0.25) is 0 Å². The summed E-state index contributed by atoms with van der Waals surface area (Å²) in [5.41, 5.74) is 0. The first-order valence-electron chi connectivity index (χ1n) is 8.44. The van der Waals surface area contributed by atoms with Gasteiger partial charge in [-0.2, -0.15) is 0 Å². The lowest BCUT2D eigenvalue weighted by Crippen LogP contribution is -2.57. The van der Waals surface area contributed by atoms with E-state index < -0.39 is 0 Å². The molecule has 0 aromatic heterocycles. The Hall–Kier alpha value is -0.200. The molecular formula is C16H33N3O2. The fourth-order valence-electron chi connectivity index (χ4n) is 3.76. The van der Waals surface area contributed by atoms with Crippen LogP contribution in [0.15, 0.2) is 0 Å². The second-order valence-electron chi connectivity index (χ2n) is 6.60. The normalized spacial score (nSPS) is 28.9. The molecule has 0 bridgehead atoms. The van der Waals surface area contributed by atoms with E-state index in [1.54, 1.807) is 0 Å². The van der Waals surface area contributed by atoms with Crippen LogP contribution in [0.5, 0.6) is 0 Å². The van der Waals surface area contributed by atoms with E-state index in [-0.39, 0.29) is 5.79 Å². The molecule has 1 N–H and O–H groups in total. The molecule has 1 aliphatic carbocycles. The van der Waals surface area contributed by atoms with Gasteiger partial charge in [0, 0.05) is 24.9 Å². The van der Waals surface area contributed by atoms with Crippen LogP contribution in [-0.4, -0.2) is 81.7 Å². The molecule has 1 spiro atoms. The molecule has 2 rings (SSSR count). The first-order valence-corrected chi connectivity index (χ1v) is 8.44. The van der Waals surface area contributed by atoms with Gasteiger partial charge in [0.2, 0.25) is 0 Å². The largest absolute Gasteiger partial charge is 0.347 e. The summed E-state index contributed by atoms with van der Waals surface area (Å²) >= 11 is 0. The van der Waals surface area contributed by atoms with Gasteiger partial charge in [-0.3, -0.25) is 4.90 Å². The highest BCUT2D eigenvalue weighted by atomic mass is 16.7. The average molecular weight is 299 g/mol. The fourth-order valence-corrected chi connectivity index (χ4v) is 3.76. The van der Waals surface area contributed by atoms with E-state index in [2.05, 4.69) is 43.2 Å². The molecule has 1 saturated carbocycles. The molecule has 1 heterocycles. The van der Waals surface area contributed by atoms with Crippen LogP contribution >= 0.6 is 0 Å². The molecular weight excluding hydrogens is 266 g/mol. The van der Waals surface area contributed by atoms with Crippen LogP contribution in [0.25, 0.3) is 0 Å². The monoisotopic (exact) mass is 299 g/mol. The summed E-state index contributed by atoms with van der Waals surface area (Å²) in [6, 6.07) is 1.05. The Kier molecular flexibility index (Phi) is 6.44. The Morgan fingerprint density at radius 2 is 1.90 bits per heavy atom. The van der Waals surface area contributed by atoms with Crippen molar-refractivity contribution in [1.82, 2.24) is 15.1 Å². The topological polar surface area (TPSA) is 37.0 Å². The van der Waals surface area contributed by atoms with E-state index in [4.69, 9.17) is 9.47 Å². The molecule has 21 heavy (non-hydrogen) atoms. The number of nitrogens with one attached hydrogen (secondary N) is 1. The van der Waals surface area contributed by atoms with E-state index in [1.165, 1.54) is 6.42 Å². The first-order chi connectivity index (χ1) is 10.1. The fraction of sp³-hybridized carbons (Fsp3) is 1.00. The zero-order chi connectivity index (χ0) is 15.3. The maximum absolute atomic E-state index is 5.96. The van der Waals surface area contributed by atoms with E-state index >= 15 is 0 Å². The zero-order valence-electron chi connectivity index (χ0n) is 14.2. The van der Waals surface area contributed by atoms with Crippen molar-refractivity contribution in [2.24, 2.45) is 0 Å². The first kappa shape index (κ1) is 17.2. The Bertz CT molecular complexity index is 306. The third kappa shape index (κ3) is 4.39. The van der Waals surface area contributed by atoms with Gasteiger partial charge in [-0.05, 0) is 53.6 Å². The van der Waals surface area contributed by atoms with Crippen molar-refractivity contribution < 1.29 is 9.47 Å². The van der Waals surface area contributed by atoms with Gasteiger partial charge in [-0.15, -0.1) is 0 Å². The highest BCUT2D eigenvalue weighted by molar-refractivity contribution is 4.96. The number of hydrogen-bond donors (Lipinski definition) is 1. The third-order valence-electron chi connectivity index (χ3n) is 4.93. The lowest BCUT2D eigenvalue weighted by molar-refractivity contribution is -0.193. The van der Waals surface area contributed by atoms with Crippen LogP contribution in [0.4, 0.5) is 0 Å². The zero-order valence-corrected chi connectivity index (χ0v) is 14.2. The lowest BCUT2D eigenvalue weighted by atomic mass is 9.84. The van der Waals surface area contributed by atoms with Crippen molar-refractivity contribution in [3.05, 3.63) is 0 Å². The molecule has 1 saturated heterocycles. The second-order valence-corrected chi connectivity index (χ2v) is 6.60. The van der Waals surface area contributed by atoms with Gasteiger partial charge in [-0.1, -0.05) is 6.92 Å². The molecule has 124 valence electrons. The van der Waals surface area contributed by atoms with Crippen molar-refractivity contribution in [2.75, 3.05) is 54.0 Å². The molecule has 0 aromatic carbocycles. The van der Waals surface area contributed by atoms with Gasteiger partial charge in [0.25, 0.3) is 0 Å². The standard InChI is InChI=1S/C16H33N3O2/c1-5-19(10-6-9-18(3)4)15-13-16(20-11-12-21-16)8-7-14(15)17-2/h14-15,17H,5-13H2,1-4H3. The number of rotatable bonds is 7. The molecule has 1 aliphatic heterocycles. The van der Waals surface area contributed by atoms with E-state index in [0.29, 0.717) is 12.1 Å². The van der Waals surface area contributed by atoms with Gasteiger partial charge in [0.05, 0.1) is 13.2 Å². The number of nitrogens with zero attached hydrogens (tertiary/aromatic N) is 2. The summed E-state index contributed by atoms with van der Waals surface area (Å²) in [6.07, 6.45) is 4.35. The maximum Gasteiger partial charge on any atom is 0.170 e. The van der Waals surface area contributed by atoms with Crippen molar-refractivity contribution >= 4 is 0 Å². The van der Waals surface area contributed by atoms with E-state index in [9.17, 15) is 0 Å². The number of likely N-dealkylation sites (N-methyl/N-ethyl adjacent to an activating group) is 2. The highest BCUT2D eigenvalue weighted by Gasteiger charge is 2.46. The second kappa shape index (κ2) is 7.88. The van der Waals surface area contributed by atoms with E-state index in [0.717, 1.165) is 52.1 Å². The van der Waals surface area contributed by atoms with E-state index in [1.807, 2.05) is 0 Å². The summed E-state index contributed by atoms with van der Waals surface area (Å²) in [7, 11) is 6.37. The molecule has 5 heteroatoms. The summed E-state index contributed by atoms with van der Waals surface area (Å²) in [5.74, 6) is -0.299. The van der Waals surface area contributed by atoms with Crippen LogP contribution in [0, 0.1) is 0 Å². The van der Waals surface area contributed by atoms with Crippen molar-refractivity contribution in [2.45, 2.75) is 50.5 Å². The number of hydrogen-bond acceptors (Lipinski definition) is 5. The third-order valence-corrected chi connectivity index (χ3v) is 4.93. The van der Waals surface area contributed by atoms with Crippen LogP contribution < -0.4 is 5.32 Å². The SMILES string of the molecule is CCN(CCCN(C)C)C1CC2(CCC1NC)OCCO2. The predicted octanol–water partition coefficient (Wildman–Crippen LogP) is 1.14. The van der Waals surface area contributed by atoms with Crippen molar-refractivity contribution in [1.29, 1.82) is 0 Å². The van der Waals surface area contributed by atoms with Crippen LogP contribution in [-0.2, 0) is 9.47 Å². The van der Waals surface area contributed by atoms with Crippen LogP contribution in [0.1, 0.15) is 32.6 Å². The Morgan fingerprint density at radius 1 is 1.19 bits per heavy atom. The summed E-state index contributed by atoms with van der Waals surface area (Å²) in [6.45, 7) is 7.15. The van der Waals surface area contributed by atoms with Crippen LogP contribution in [0.3, 0.4) is 0 Å². The molecule has 2 unspecified atom stereocenters. The summed E-state index contributed by atoms with van der Waals surface area (Å²) in [4.78, 5) is 4.87. The minimum Gasteiger partial charge on any atom is -0.347 e. The summed E-state index contributed by atoms with van der Waals surface area (Å²) in [5, 5.41) is 3.51. The molecule has 2 aliphatic rings. The molecule has 2 atom stereocenters. The molecule has 5 nitrogen and oxygen atoms in total. The maximum atomic E-state index is 5.96. The average Bonchev–Trinajstić information content (AvgIpc) is 2.91. The minimum atomic E-state index is -0.299. The minimum absolute atomic E-state index is 0.299. The highest BCUT2D eigenvalue weighted by Crippen LogP contribution is 2.37. The Morgan fingerprint density at radius 3 is 2.48 bits per heavy atom. The predicted molar refractivity (Wildman–Crippen MR) is 85.5 cm³/mol. The van der Waals surface area contributed by atoms with Crippen molar-refractivity contribution in [3.8, 4) is 0 Å². The van der Waals surface area contributed by atoms with Gasteiger partial charge >= 0.3 is 0 Å². The quantitative estimate of drug-likeness (QED) is 0.763. The summed E-state index contributed by atoms with van der Waals surface area (Å²) < 4.78 is 11.9. The van der Waals surface area contributed by atoms with Gasteiger partial charge in [0.1, 0.15) is 0 Å². The molecule has 0 amide bonds. The number of ether oxygens (including phenoxy) is 2. The Balaban J connectivity index is 1.96. The van der Waals surface area contributed by atoms with Gasteiger partial charge in [-0.25, -0.2) is 0 Å². The molecule has 2 fully saturated rings. The molecule has 0 aromatic rings. The Labute approximate surface area is 129 Å². The van der Waals surface area contributed by atoms with Crippen molar-refractivity contribution in [3.63, 3.8) is 0 Å². The van der Waals surface area contributed by atoms with Gasteiger partial charge < -0.3 is 19.7 Å². The smallest absolute Gasteiger partial charge is 0.170 e. The lowest BCUT2D eigenvalue weighted by Gasteiger charge is -2.45. The molecule has 0 radical (unpaired) electrons. The van der Waals surface area contributed by atoms with Gasteiger partial charge in [0.15, 0.2) is 5.79 Å².